The number of nitrogens with one attached hydrogen (secondary N) is 1. The van der Waals surface area contributed by atoms with Gasteiger partial charge in [0, 0.05) is 6.07 Å². The van der Waals surface area contributed by atoms with Gasteiger partial charge in [0.2, 0.25) is 0 Å². The third-order valence-corrected chi connectivity index (χ3v) is 3.40. The van der Waals surface area contributed by atoms with Gasteiger partial charge >= 0.3 is 5.97 Å². The fourth-order valence-corrected chi connectivity index (χ4v) is 2.43. The molecular weight excluding hydrogens is 274 g/mol. The molecule has 1 aromatic heterocycles. The van der Waals surface area contributed by atoms with Crippen LogP contribution in [-0.2, 0) is 6.42 Å². The standard InChI is InChI=1S/C12H10F2N2O2S/c1-2-8-10(11(17)18)19-12(15-8)16-9-5-6(13)3-4-7(9)14/h3-5H,2H2,1H3,(H,15,16)(H,17,18). The highest BCUT2D eigenvalue weighted by atomic mass is 32.1. The average molecular weight is 284 g/mol. The van der Waals surface area contributed by atoms with Crippen molar-refractivity contribution in [3.05, 3.63) is 40.4 Å². The first kappa shape index (κ1) is 13.4. The third-order valence-electron chi connectivity index (χ3n) is 2.40. The molecule has 0 aliphatic carbocycles. The molecule has 0 fully saturated rings. The highest BCUT2D eigenvalue weighted by Gasteiger charge is 2.16. The molecule has 1 heterocycles. The summed E-state index contributed by atoms with van der Waals surface area (Å²) in [6, 6.07) is 2.98. The first-order valence-electron chi connectivity index (χ1n) is 5.46. The van der Waals surface area contributed by atoms with Gasteiger partial charge in [-0.15, -0.1) is 0 Å². The van der Waals surface area contributed by atoms with Gasteiger partial charge in [0.05, 0.1) is 11.4 Å². The second-order valence-corrected chi connectivity index (χ2v) is 4.70. The molecule has 19 heavy (non-hydrogen) atoms. The van der Waals surface area contributed by atoms with E-state index in [1.165, 1.54) is 0 Å². The molecular formula is C12H10F2N2O2S. The molecule has 0 aliphatic rings. The van der Waals surface area contributed by atoms with Crippen LogP contribution in [0.1, 0.15) is 22.3 Å². The third kappa shape index (κ3) is 2.87. The molecule has 0 bridgehead atoms. The molecule has 2 aromatic rings. The Kier molecular flexibility index (Phi) is 3.75. The number of thiazole rings is 1. The van der Waals surface area contributed by atoms with Gasteiger partial charge in [-0.2, -0.15) is 0 Å². The molecule has 2 N–H and O–H groups in total. The Morgan fingerprint density at radius 2 is 2.21 bits per heavy atom. The van der Waals surface area contributed by atoms with Gasteiger partial charge in [-0.3, -0.25) is 0 Å². The van der Waals surface area contributed by atoms with Crippen molar-refractivity contribution < 1.29 is 18.7 Å². The Hall–Kier alpha value is -2.02. The highest BCUT2D eigenvalue weighted by molar-refractivity contribution is 7.17. The molecule has 0 spiro atoms. The lowest BCUT2D eigenvalue weighted by molar-refractivity contribution is 0.0701. The molecule has 0 unspecified atom stereocenters. The summed E-state index contributed by atoms with van der Waals surface area (Å²) in [7, 11) is 0. The van der Waals surface area contributed by atoms with E-state index in [1.54, 1.807) is 6.92 Å². The number of aromatic carboxylic acids is 1. The summed E-state index contributed by atoms with van der Waals surface area (Å²) in [5, 5.41) is 11.8. The maximum atomic E-state index is 13.4. The van der Waals surface area contributed by atoms with Crippen LogP contribution in [0.2, 0.25) is 0 Å². The molecule has 0 aliphatic heterocycles. The van der Waals surface area contributed by atoms with Crippen molar-refractivity contribution in [2.75, 3.05) is 5.32 Å². The van der Waals surface area contributed by atoms with Crippen molar-refractivity contribution in [2.45, 2.75) is 13.3 Å². The van der Waals surface area contributed by atoms with Gasteiger partial charge in [0.1, 0.15) is 16.5 Å². The van der Waals surface area contributed by atoms with Crippen LogP contribution in [0.15, 0.2) is 18.2 Å². The van der Waals surface area contributed by atoms with E-state index < -0.39 is 17.6 Å². The summed E-state index contributed by atoms with van der Waals surface area (Å²) < 4.78 is 26.4. The van der Waals surface area contributed by atoms with Crippen molar-refractivity contribution in [3.63, 3.8) is 0 Å². The van der Waals surface area contributed by atoms with E-state index in [9.17, 15) is 13.6 Å². The van der Waals surface area contributed by atoms with Gasteiger partial charge in [-0.05, 0) is 18.6 Å². The second-order valence-electron chi connectivity index (χ2n) is 3.70. The average Bonchev–Trinajstić information content (AvgIpc) is 2.77. The first-order chi connectivity index (χ1) is 9.01. The highest BCUT2D eigenvalue weighted by Crippen LogP contribution is 2.28. The number of aryl methyl sites for hydroxylation is 1. The number of hydrogen-bond donors (Lipinski definition) is 2. The Balaban J connectivity index is 2.33. The fraction of sp³-hybridized carbons (Fsp3) is 0.167. The van der Waals surface area contributed by atoms with Crippen LogP contribution in [0.4, 0.5) is 19.6 Å². The molecule has 2 rings (SSSR count). The number of aromatic nitrogens is 1. The smallest absolute Gasteiger partial charge is 0.347 e. The number of nitrogens with zero attached hydrogens (tertiary/aromatic N) is 1. The quantitative estimate of drug-likeness (QED) is 0.903. The second kappa shape index (κ2) is 5.31. The normalized spacial score (nSPS) is 10.5. The SMILES string of the molecule is CCc1nc(Nc2cc(F)ccc2F)sc1C(=O)O. The van der Waals surface area contributed by atoms with Crippen molar-refractivity contribution in [1.29, 1.82) is 0 Å². The Labute approximate surface area is 111 Å². The zero-order chi connectivity index (χ0) is 14.0. The maximum absolute atomic E-state index is 13.4. The summed E-state index contributed by atoms with van der Waals surface area (Å²) in [5.74, 6) is -2.30. The van der Waals surface area contributed by atoms with E-state index in [-0.39, 0.29) is 15.7 Å². The number of halogens is 2. The number of anilines is 2. The molecule has 0 radical (unpaired) electrons. The largest absolute Gasteiger partial charge is 0.477 e. The topological polar surface area (TPSA) is 62.2 Å². The molecule has 1 aromatic carbocycles. The van der Waals surface area contributed by atoms with Crippen molar-refractivity contribution in [1.82, 2.24) is 4.98 Å². The van der Waals surface area contributed by atoms with Crippen LogP contribution in [0.5, 0.6) is 0 Å². The fourth-order valence-electron chi connectivity index (χ4n) is 1.52. The van der Waals surface area contributed by atoms with Crippen LogP contribution < -0.4 is 5.32 Å². The molecule has 0 saturated carbocycles. The van der Waals surface area contributed by atoms with Crippen molar-refractivity contribution in [3.8, 4) is 0 Å². The minimum absolute atomic E-state index is 0.0756. The summed E-state index contributed by atoms with van der Waals surface area (Å²) in [6.07, 6.45) is 0.450. The number of carboxylic acids is 1. The molecule has 0 atom stereocenters. The molecule has 4 nitrogen and oxygen atoms in total. The van der Waals surface area contributed by atoms with Crippen molar-refractivity contribution in [2.24, 2.45) is 0 Å². The van der Waals surface area contributed by atoms with Gasteiger partial charge in [0.25, 0.3) is 0 Å². The molecule has 7 heteroatoms. The van der Waals surface area contributed by atoms with Crippen LogP contribution in [0.25, 0.3) is 0 Å². The van der Waals surface area contributed by atoms with Crippen LogP contribution in [0, 0.1) is 11.6 Å². The van der Waals surface area contributed by atoms with Crippen LogP contribution in [-0.4, -0.2) is 16.1 Å². The summed E-state index contributed by atoms with van der Waals surface area (Å²) in [6.45, 7) is 1.77. The number of carboxylic acid groups (broad SMARTS) is 1. The van der Waals surface area contributed by atoms with Crippen LogP contribution in [0.3, 0.4) is 0 Å². The lowest BCUT2D eigenvalue weighted by atomic mass is 10.3. The van der Waals surface area contributed by atoms with E-state index in [0.29, 0.717) is 12.1 Å². The van der Waals surface area contributed by atoms with E-state index in [1.807, 2.05) is 0 Å². The van der Waals surface area contributed by atoms with Gasteiger partial charge in [-0.1, -0.05) is 18.3 Å². The monoisotopic (exact) mass is 284 g/mol. The number of carbonyl (C=O) groups is 1. The number of hydrogen-bond acceptors (Lipinski definition) is 4. The van der Waals surface area contributed by atoms with E-state index in [0.717, 1.165) is 29.5 Å². The lowest BCUT2D eigenvalue weighted by Crippen LogP contribution is -1.97. The zero-order valence-electron chi connectivity index (χ0n) is 9.91. The predicted molar refractivity (Wildman–Crippen MR) is 68.1 cm³/mol. The van der Waals surface area contributed by atoms with Gasteiger partial charge in [-0.25, -0.2) is 18.6 Å². The van der Waals surface area contributed by atoms with Crippen LogP contribution >= 0.6 is 11.3 Å². The van der Waals surface area contributed by atoms with E-state index in [4.69, 9.17) is 5.11 Å². The minimum atomic E-state index is -1.08. The summed E-state index contributed by atoms with van der Waals surface area (Å²) in [5.41, 5.74) is 0.338. The van der Waals surface area contributed by atoms with Gasteiger partial charge < -0.3 is 10.4 Å². The minimum Gasteiger partial charge on any atom is -0.477 e. The maximum Gasteiger partial charge on any atom is 0.347 e. The van der Waals surface area contributed by atoms with Gasteiger partial charge in [0.15, 0.2) is 5.13 Å². The molecule has 0 saturated heterocycles. The predicted octanol–water partition coefficient (Wildman–Crippen LogP) is 3.43. The van der Waals surface area contributed by atoms with E-state index in [2.05, 4.69) is 10.3 Å². The summed E-state index contributed by atoms with van der Waals surface area (Å²) in [4.78, 5) is 15.1. The Morgan fingerprint density at radius 1 is 1.47 bits per heavy atom. The molecule has 0 amide bonds. The zero-order valence-corrected chi connectivity index (χ0v) is 10.7. The van der Waals surface area contributed by atoms with Crippen molar-refractivity contribution >= 4 is 28.1 Å². The first-order valence-corrected chi connectivity index (χ1v) is 6.28. The van der Waals surface area contributed by atoms with E-state index >= 15 is 0 Å². The Bertz CT molecular complexity index is 628. The number of benzene rings is 1. The Morgan fingerprint density at radius 3 is 2.79 bits per heavy atom. The lowest BCUT2D eigenvalue weighted by Gasteiger charge is -2.03. The molecule has 100 valence electrons. The number of rotatable bonds is 4. The summed E-state index contributed by atoms with van der Waals surface area (Å²) >= 11 is 0.891.